The van der Waals surface area contributed by atoms with Gasteiger partial charge in [-0.15, -0.1) is 0 Å². The number of likely N-dealkylation sites (tertiary alicyclic amines) is 1. The number of fused-ring (bicyclic) bond motifs is 1. The summed E-state index contributed by atoms with van der Waals surface area (Å²) in [6, 6.07) is 5.97. The van der Waals surface area contributed by atoms with E-state index < -0.39 is 0 Å². The summed E-state index contributed by atoms with van der Waals surface area (Å²) in [5.74, 6) is 2.13. The Morgan fingerprint density at radius 1 is 1.20 bits per heavy atom. The van der Waals surface area contributed by atoms with Gasteiger partial charge >= 0.3 is 0 Å². The molecular formula is C22H27N5O3. The molecule has 158 valence electrons. The van der Waals surface area contributed by atoms with Crippen molar-refractivity contribution in [2.24, 2.45) is 0 Å². The first-order valence-corrected chi connectivity index (χ1v) is 10.2. The molecule has 1 aliphatic heterocycles. The number of aryl methyl sites for hydroxylation is 2. The van der Waals surface area contributed by atoms with Crippen molar-refractivity contribution >= 4 is 11.7 Å². The second kappa shape index (κ2) is 8.30. The first kappa shape index (κ1) is 20.1. The van der Waals surface area contributed by atoms with Crippen LogP contribution in [0.1, 0.15) is 47.8 Å². The third-order valence-corrected chi connectivity index (χ3v) is 5.94. The number of methoxy groups -OCH3 is 2. The fourth-order valence-electron chi connectivity index (χ4n) is 4.36. The van der Waals surface area contributed by atoms with Gasteiger partial charge in [0, 0.05) is 24.4 Å². The summed E-state index contributed by atoms with van der Waals surface area (Å²) in [5.41, 5.74) is 4.03. The zero-order chi connectivity index (χ0) is 21.3. The van der Waals surface area contributed by atoms with E-state index in [1.807, 2.05) is 36.9 Å². The lowest BCUT2D eigenvalue weighted by Crippen LogP contribution is -2.31. The molecule has 1 saturated heterocycles. The number of aromatic nitrogens is 4. The van der Waals surface area contributed by atoms with Crippen LogP contribution in [0.5, 0.6) is 11.5 Å². The molecule has 1 atom stereocenters. The minimum atomic E-state index is 0.0652. The van der Waals surface area contributed by atoms with E-state index in [2.05, 4.69) is 15.1 Å². The maximum absolute atomic E-state index is 13.1. The van der Waals surface area contributed by atoms with Crippen molar-refractivity contribution in [1.82, 2.24) is 24.5 Å². The third-order valence-electron chi connectivity index (χ3n) is 5.94. The minimum absolute atomic E-state index is 0.0652. The smallest absolute Gasteiger partial charge is 0.252 e. The topological polar surface area (TPSA) is 81.9 Å². The van der Waals surface area contributed by atoms with Gasteiger partial charge in [0.25, 0.3) is 5.78 Å². The van der Waals surface area contributed by atoms with Gasteiger partial charge in [0.15, 0.2) is 11.5 Å². The van der Waals surface area contributed by atoms with Gasteiger partial charge in [-0.3, -0.25) is 4.79 Å². The molecule has 2 aromatic heterocycles. The molecule has 0 aliphatic carbocycles. The Bertz CT molecular complexity index is 1080. The number of rotatable bonds is 6. The molecule has 4 rings (SSSR count). The first-order chi connectivity index (χ1) is 14.5. The molecule has 1 fully saturated rings. The van der Waals surface area contributed by atoms with Gasteiger partial charge in [0.1, 0.15) is 6.33 Å². The van der Waals surface area contributed by atoms with E-state index in [1.54, 1.807) is 18.7 Å². The Kier molecular flexibility index (Phi) is 5.57. The quantitative estimate of drug-likeness (QED) is 0.622. The van der Waals surface area contributed by atoms with Crippen LogP contribution in [0, 0.1) is 13.8 Å². The van der Waals surface area contributed by atoms with Crippen molar-refractivity contribution < 1.29 is 14.3 Å². The van der Waals surface area contributed by atoms with Crippen LogP contribution in [0.15, 0.2) is 24.5 Å². The van der Waals surface area contributed by atoms with E-state index in [0.717, 1.165) is 41.9 Å². The van der Waals surface area contributed by atoms with Crippen LogP contribution in [0.25, 0.3) is 5.78 Å². The molecule has 0 saturated carbocycles. The van der Waals surface area contributed by atoms with Gasteiger partial charge in [0.05, 0.1) is 20.3 Å². The van der Waals surface area contributed by atoms with Gasteiger partial charge in [-0.2, -0.15) is 10.1 Å². The SMILES string of the molecule is COc1ccc(C2CCCN2C(=O)CCc2c(C)nc3ncnn3c2C)cc1OC. The van der Waals surface area contributed by atoms with E-state index in [1.165, 1.54) is 6.33 Å². The molecule has 0 N–H and O–H groups in total. The van der Waals surface area contributed by atoms with Crippen LogP contribution in [-0.2, 0) is 11.2 Å². The number of carbonyl (C=O) groups is 1. The van der Waals surface area contributed by atoms with Crippen molar-refractivity contribution in [3.8, 4) is 11.5 Å². The summed E-state index contributed by atoms with van der Waals surface area (Å²) in [4.78, 5) is 23.8. The summed E-state index contributed by atoms with van der Waals surface area (Å²) in [7, 11) is 3.25. The first-order valence-electron chi connectivity index (χ1n) is 10.2. The van der Waals surface area contributed by atoms with Crippen molar-refractivity contribution in [2.45, 2.75) is 45.6 Å². The predicted molar refractivity (Wildman–Crippen MR) is 112 cm³/mol. The van der Waals surface area contributed by atoms with Crippen molar-refractivity contribution in [1.29, 1.82) is 0 Å². The number of hydrogen-bond donors (Lipinski definition) is 0. The van der Waals surface area contributed by atoms with Crippen LogP contribution in [0.3, 0.4) is 0 Å². The lowest BCUT2D eigenvalue weighted by Gasteiger charge is -2.26. The van der Waals surface area contributed by atoms with Crippen molar-refractivity contribution in [3.63, 3.8) is 0 Å². The van der Waals surface area contributed by atoms with Crippen LogP contribution in [0.4, 0.5) is 0 Å². The highest BCUT2D eigenvalue weighted by atomic mass is 16.5. The largest absolute Gasteiger partial charge is 0.493 e. The lowest BCUT2D eigenvalue weighted by atomic mass is 10.0. The molecule has 0 radical (unpaired) electrons. The Labute approximate surface area is 175 Å². The van der Waals surface area contributed by atoms with E-state index >= 15 is 0 Å². The molecule has 1 amide bonds. The maximum atomic E-state index is 13.1. The average Bonchev–Trinajstić information content (AvgIpc) is 3.42. The summed E-state index contributed by atoms with van der Waals surface area (Å²) in [5, 5.41) is 4.23. The second-order valence-electron chi connectivity index (χ2n) is 7.59. The van der Waals surface area contributed by atoms with Crippen LogP contribution >= 0.6 is 0 Å². The number of hydrogen-bond acceptors (Lipinski definition) is 6. The molecule has 8 nitrogen and oxygen atoms in total. The monoisotopic (exact) mass is 409 g/mol. The highest BCUT2D eigenvalue weighted by Gasteiger charge is 2.30. The van der Waals surface area contributed by atoms with Gasteiger partial charge in [0.2, 0.25) is 5.91 Å². The van der Waals surface area contributed by atoms with Crippen LogP contribution < -0.4 is 9.47 Å². The summed E-state index contributed by atoms with van der Waals surface area (Å²) in [6.45, 7) is 4.73. The molecule has 3 heterocycles. The molecule has 3 aromatic rings. The highest BCUT2D eigenvalue weighted by Crippen LogP contribution is 2.37. The number of nitrogens with zero attached hydrogens (tertiary/aromatic N) is 5. The second-order valence-corrected chi connectivity index (χ2v) is 7.59. The summed E-state index contributed by atoms with van der Waals surface area (Å²) < 4.78 is 12.5. The Morgan fingerprint density at radius 3 is 2.77 bits per heavy atom. The lowest BCUT2D eigenvalue weighted by molar-refractivity contribution is -0.132. The highest BCUT2D eigenvalue weighted by molar-refractivity contribution is 5.77. The molecule has 0 spiro atoms. The Hall–Kier alpha value is -3.16. The van der Waals surface area contributed by atoms with Gasteiger partial charge in [-0.1, -0.05) is 6.07 Å². The molecule has 30 heavy (non-hydrogen) atoms. The number of benzene rings is 1. The zero-order valence-corrected chi connectivity index (χ0v) is 17.9. The summed E-state index contributed by atoms with van der Waals surface area (Å²) in [6.07, 6.45) is 4.52. The van der Waals surface area contributed by atoms with Gasteiger partial charge in [-0.25, -0.2) is 9.50 Å². The summed E-state index contributed by atoms with van der Waals surface area (Å²) >= 11 is 0. The third kappa shape index (κ3) is 3.58. The average molecular weight is 409 g/mol. The van der Waals surface area contributed by atoms with E-state index in [0.29, 0.717) is 30.1 Å². The van der Waals surface area contributed by atoms with Gasteiger partial charge in [-0.05, 0) is 56.4 Å². The standard InChI is InChI=1S/C22H27N5O3/c1-14-17(15(2)27-22(25-14)23-13-24-27)8-10-21(28)26-11-5-6-18(26)16-7-9-19(29-3)20(12-16)30-4/h7,9,12-13,18H,5-6,8,10-11H2,1-4H3. The normalized spacial score (nSPS) is 16.3. The molecule has 1 aliphatic rings. The Morgan fingerprint density at radius 2 is 2.00 bits per heavy atom. The predicted octanol–water partition coefficient (Wildman–Crippen LogP) is 3.05. The van der Waals surface area contributed by atoms with E-state index in [9.17, 15) is 4.79 Å². The number of amides is 1. The fourth-order valence-corrected chi connectivity index (χ4v) is 4.36. The molecule has 1 aromatic carbocycles. The van der Waals surface area contributed by atoms with Crippen LogP contribution in [-0.4, -0.2) is 51.2 Å². The number of carbonyl (C=O) groups excluding carboxylic acids is 1. The van der Waals surface area contributed by atoms with E-state index in [4.69, 9.17) is 9.47 Å². The maximum Gasteiger partial charge on any atom is 0.252 e. The minimum Gasteiger partial charge on any atom is -0.493 e. The van der Waals surface area contributed by atoms with Gasteiger partial charge < -0.3 is 14.4 Å². The molecular weight excluding hydrogens is 382 g/mol. The Balaban J connectivity index is 1.51. The molecule has 8 heteroatoms. The zero-order valence-electron chi connectivity index (χ0n) is 17.9. The molecule has 0 bridgehead atoms. The van der Waals surface area contributed by atoms with Crippen molar-refractivity contribution in [2.75, 3.05) is 20.8 Å². The molecule has 1 unspecified atom stereocenters. The van der Waals surface area contributed by atoms with E-state index in [-0.39, 0.29) is 11.9 Å². The number of ether oxygens (including phenoxy) is 2. The van der Waals surface area contributed by atoms with Crippen LogP contribution in [0.2, 0.25) is 0 Å². The fraction of sp³-hybridized carbons (Fsp3) is 0.455. The van der Waals surface area contributed by atoms with Crippen molar-refractivity contribution in [3.05, 3.63) is 47.0 Å².